The predicted octanol–water partition coefficient (Wildman–Crippen LogP) is 4.14. The lowest BCUT2D eigenvalue weighted by Crippen LogP contribution is -2.01. The molecule has 3 rings (SSSR count). The zero-order valence-corrected chi connectivity index (χ0v) is 11.7. The standard InChI is InChI=1S/C18H15NO2/c1-21-18(20)15-12-19-17(14-10-6-3-7-11-14)16(15)13-8-4-2-5-9-13/h2-12,19H,1H3. The summed E-state index contributed by atoms with van der Waals surface area (Å²) in [5, 5.41) is 0. The van der Waals surface area contributed by atoms with E-state index >= 15 is 0 Å². The first-order chi connectivity index (χ1) is 10.3. The summed E-state index contributed by atoms with van der Waals surface area (Å²) < 4.78 is 4.89. The average Bonchev–Trinajstić information content (AvgIpc) is 3.00. The molecule has 0 aliphatic carbocycles. The summed E-state index contributed by atoms with van der Waals surface area (Å²) in [7, 11) is 1.40. The van der Waals surface area contributed by atoms with Crippen LogP contribution in [0.5, 0.6) is 0 Å². The van der Waals surface area contributed by atoms with Crippen molar-refractivity contribution in [1.29, 1.82) is 0 Å². The molecule has 0 saturated carbocycles. The molecule has 0 amide bonds. The Morgan fingerprint density at radius 3 is 2.05 bits per heavy atom. The van der Waals surface area contributed by atoms with E-state index in [9.17, 15) is 4.79 Å². The Hall–Kier alpha value is -2.81. The van der Waals surface area contributed by atoms with Crippen LogP contribution in [0.3, 0.4) is 0 Å². The van der Waals surface area contributed by atoms with Gasteiger partial charge in [0.05, 0.1) is 18.4 Å². The highest BCUT2D eigenvalue weighted by Gasteiger charge is 2.19. The first-order valence-electron chi connectivity index (χ1n) is 6.72. The minimum absolute atomic E-state index is 0.340. The molecular formula is C18H15NO2. The zero-order valence-electron chi connectivity index (χ0n) is 11.7. The third kappa shape index (κ3) is 2.46. The second kappa shape index (κ2) is 5.67. The fraction of sp³-hybridized carbons (Fsp3) is 0.0556. The second-order valence-corrected chi connectivity index (χ2v) is 4.68. The van der Waals surface area contributed by atoms with E-state index in [4.69, 9.17) is 4.74 Å². The number of esters is 1. The number of ether oxygens (including phenoxy) is 1. The van der Waals surface area contributed by atoms with Gasteiger partial charge in [0.1, 0.15) is 0 Å². The Morgan fingerprint density at radius 1 is 0.905 bits per heavy atom. The number of hydrogen-bond donors (Lipinski definition) is 1. The zero-order chi connectivity index (χ0) is 14.7. The number of H-pyrrole nitrogens is 1. The molecule has 1 aromatic heterocycles. The molecule has 1 N–H and O–H groups in total. The van der Waals surface area contributed by atoms with E-state index < -0.39 is 0 Å². The lowest BCUT2D eigenvalue weighted by Gasteiger charge is -2.07. The smallest absolute Gasteiger partial charge is 0.340 e. The monoisotopic (exact) mass is 277 g/mol. The van der Waals surface area contributed by atoms with E-state index in [1.54, 1.807) is 6.20 Å². The number of methoxy groups -OCH3 is 1. The molecule has 3 nitrogen and oxygen atoms in total. The lowest BCUT2D eigenvalue weighted by atomic mass is 9.98. The number of rotatable bonds is 3. The lowest BCUT2D eigenvalue weighted by molar-refractivity contribution is 0.0602. The van der Waals surface area contributed by atoms with Crippen molar-refractivity contribution in [3.63, 3.8) is 0 Å². The summed E-state index contributed by atoms with van der Waals surface area (Å²) in [6.45, 7) is 0. The quantitative estimate of drug-likeness (QED) is 0.731. The molecule has 2 aromatic carbocycles. The summed E-state index contributed by atoms with van der Waals surface area (Å²) in [6, 6.07) is 19.8. The molecule has 0 bridgehead atoms. The van der Waals surface area contributed by atoms with E-state index in [0.29, 0.717) is 5.56 Å². The van der Waals surface area contributed by atoms with Crippen molar-refractivity contribution in [2.24, 2.45) is 0 Å². The second-order valence-electron chi connectivity index (χ2n) is 4.68. The molecule has 0 unspecified atom stereocenters. The van der Waals surface area contributed by atoms with Gasteiger partial charge >= 0.3 is 5.97 Å². The summed E-state index contributed by atoms with van der Waals surface area (Å²) in [5.74, 6) is -0.340. The van der Waals surface area contributed by atoms with Crippen LogP contribution in [-0.4, -0.2) is 18.1 Å². The van der Waals surface area contributed by atoms with Crippen molar-refractivity contribution >= 4 is 5.97 Å². The maximum Gasteiger partial charge on any atom is 0.340 e. The van der Waals surface area contributed by atoms with Crippen LogP contribution in [0.4, 0.5) is 0 Å². The maximum absolute atomic E-state index is 12.0. The third-order valence-electron chi connectivity index (χ3n) is 3.41. The highest BCUT2D eigenvalue weighted by molar-refractivity contribution is 6.01. The first-order valence-corrected chi connectivity index (χ1v) is 6.72. The van der Waals surface area contributed by atoms with Crippen LogP contribution in [-0.2, 0) is 4.74 Å². The van der Waals surface area contributed by atoms with Gasteiger partial charge in [0.15, 0.2) is 0 Å². The largest absolute Gasteiger partial charge is 0.465 e. The number of hydrogen-bond acceptors (Lipinski definition) is 2. The van der Waals surface area contributed by atoms with Gasteiger partial charge in [-0.1, -0.05) is 60.7 Å². The Balaban J connectivity index is 2.23. The van der Waals surface area contributed by atoms with Gasteiger partial charge < -0.3 is 9.72 Å². The minimum atomic E-state index is -0.340. The third-order valence-corrected chi connectivity index (χ3v) is 3.41. The van der Waals surface area contributed by atoms with Crippen LogP contribution in [0.2, 0.25) is 0 Å². The van der Waals surface area contributed by atoms with E-state index in [1.807, 2.05) is 60.7 Å². The molecule has 0 fully saturated rings. The minimum Gasteiger partial charge on any atom is -0.465 e. The number of carbonyl (C=O) groups is 1. The number of aromatic amines is 1. The van der Waals surface area contributed by atoms with Crippen LogP contribution in [0.15, 0.2) is 66.9 Å². The normalized spacial score (nSPS) is 10.3. The molecular weight excluding hydrogens is 262 g/mol. The van der Waals surface area contributed by atoms with Gasteiger partial charge in [0.25, 0.3) is 0 Å². The van der Waals surface area contributed by atoms with Crippen molar-refractivity contribution in [2.45, 2.75) is 0 Å². The Kier molecular flexibility index (Phi) is 3.56. The molecule has 0 aliphatic rings. The highest BCUT2D eigenvalue weighted by Crippen LogP contribution is 2.34. The van der Waals surface area contributed by atoms with Crippen molar-refractivity contribution in [3.05, 3.63) is 72.4 Å². The number of nitrogens with one attached hydrogen (secondary N) is 1. The number of carbonyl (C=O) groups excluding carboxylic acids is 1. The molecule has 21 heavy (non-hydrogen) atoms. The molecule has 0 saturated heterocycles. The fourth-order valence-corrected chi connectivity index (χ4v) is 2.43. The van der Waals surface area contributed by atoms with Crippen molar-refractivity contribution in [3.8, 4) is 22.4 Å². The summed E-state index contributed by atoms with van der Waals surface area (Å²) >= 11 is 0. The van der Waals surface area contributed by atoms with Crippen LogP contribution < -0.4 is 0 Å². The van der Waals surface area contributed by atoms with Crippen LogP contribution >= 0.6 is 0 Å². The van der Waals surface area contributed by atoms with E-state index in [0.717, 1.165) is 22.4 Å². The van der Waals surface area contributed by atoms with E-state index in [1.165, 1.54) is 7.11 Å². The molecule has 0 radical (unpaired) electrons. The van der Waals surface area contributed by atoms with Crippen LogP contribution in [0.1, 0.15) is 10.4 Å². The van der Waals surface area contributed by atoms with Gasteiger partial charge in [0.2, 0.25) is 0 Å². The number of benzene rings is 2. The molecule has 0 atom stereocenters. The topological polar surface area (TPSA) is 42.1 Å². The van der Waals surface area contributed by atoms with Gasteiger partial charge in [0, 0.05) is 11.8 Å². The van der Waals surface area contributed by atoms with Gasteiger partial charge in [-0.3, -0.25) is 0 Å². The van der Waals surface area contributed by atoms with Crippen LogP contribution in [0, 0.1) is 0 Å². The summed E-state index contributed by atoms with van der Waals surface area (Å²) in [5.41, 5.74) is 4.35. The Labute approximate surface area is 123 Å². The van der Waals surface area contributed by atoms with Crippen molar-refractivity contribution in [1.82, 2.24) is 4.98 Å². The molecule has 1 heterocycles. The average molecular weight is 277 g/mol. The van der Waals surface area contributed by atoms with E-state index in [-0.39, 0.29) is 5.97 Å². The molecule has 104 valence electrons. The highest BCUT2D eigenvalue weighted by atomic mass is 16.5. The van der Waals surface area contributed by atoms with Gasteiger partial charge in [-0.2, -0.15) is 0 Å². The Morgan fingerprint density at radius 2 is 1.48 bits per heavy atom. The van der Waals surface area contributed by atoms with Gasteiger partial charge in [-0.25, -0.2) is 4.79 Å². The number of aromatic nitrogens is 1. The molecule has 0 spiro atoms. The summed E-state index contributed by atoms with van der Waals surface area (Å²) in [6.07, 6.45) is 1.70. The fourth-order valence-electron chi connectivity index (χ4n) is 2.43. The van der Waals surface area contributed by atoms with Gasteiger partial charge in [-0.05, 0) is 11.1 Å². The molecule has 3 aromatic rings. The van der Waals surface area contributed by atoms with Gasteiger partial charge in [-0.15, -0.1) is 0 Å². The summed E-state index contributed by atoms with van der Waals surface area (Å²) in [4.78, 5) is 15.2. The van der Waals surface area contributed by atoms with Crippen molar-refractivity contribution in [2.75, 3.05) is 7.11 Å². The maximum atomic E-state index is 12.0. The SMILES string of the molecule is COC(=O)c1c[nH]c(-c2ccccc2)c1-c1ccccc1. The first kappa shape index (κ1) is 13.2. The predicted molar refractivity (Wildman–Crippen MR) is 83.0 cm³/mol. The molecule has 0 aliphatic heterocycles. The molecule has 3 heteroatoms. The Bertz CT molecular complexity index is 745. The van der Waals surface area contributed by atoms with E-state index in [2.05, 4.69) is 4.98 Å². The van der Waals surface area contributed by atoms with Crippen LogP contribution in [0.25, 0.3) is 22.4 Å². The van der Waals surface area contributed by atoms with Crippen molar-refractivity contribution < 1.29 is 9.53 Å².